The molecule has 0 spiro atoms. The van der Waals surface area contributed by atoms with Gasteiger partial charge in [-0.2, -0.15) is 0 Å². The lowest BCUT2D eigenvalue weighted by molar-refractivity contribution is 0.0848. The van der Waals surface area contributed by atoms with Crippen LogP contribution in [0.3, 0.4) is 0 Å². The molecule has 24 heavy (non-hydrogen) atoms. The van der Waals surface area contributed by atoms with E-state index in [1.54, 1.807) is 6.92 Å². The molecule has 0 bridgehead atoms. The third-order valence-corrected chi connectivity index (χ3v) is 5.51. The molecular weight excluding hydrogens is 327 g/mol. The Kier molecular flexibility index (Phi) is 4.66. The number of nitrogens with one attached hydrogen (secondary N) is 2. The average molecular weight is 346 g/mol. The summed E-state index contributed by atoms with van der Waals surface area (Å²) in [6.07, 6.45) is 3.14. The van der Waals surface area contributed by atoms with E-state index in [1.165, 1.54) is 33.9 Å². The van der Waals surface area contributed by atoms with Crippen LogP contribution in [-0.2, 0) is 12.8 Å². The standard InChI is InChI=1S/C18H19FN2O2S/c1-10-3-6-15-13(7-10)9-16(24-15)18(23)21-20-17(22)12-5-4-11(2)14(19)8-12/h4-5,8-10H,3,6-7H2,1-2H3,(H,20,22)(H,21,23)/t10-/m0/s1. The largest absolute Gasteiger partial charge is 0.279 e. The molecule has 4 nitrogen and oxygen atoms in total. The van der Waals surface area contributed by atoms with E-state index < -0.39 is 11.7 Å². The second kappa shape index (κ2) is 6.73. The summed E-state index contributed by atoms with van der Waals surface area (Å²) in [4.78, 5) is 26.0. The number of hydrogen-bond acceptors (Lipinski definition) is 3. The number of carbonyl (C=O) groups excluding carboxylic acids is 2. The fourth-order valence-electron chi connectivity index (χ4n) is 2.80. The molecule has 0 unspecified atom stereocenters. The molecule has 0 saturated carbocycles. The summed E-state index contributed by atoms with van der Waals surface area (Å²) in [6.45, 7) is 3.83. The normalized spacial score (nSPS) is 16.4. The summed E-state index contributed by atoms with van der Waals surface area (Å²) < 4.78 is 13.5. The second-order valence-corrected chi connectivity index (χ2v) is 7.42. The zero-order chi connectivity index (χ0) is 17.3. The van der Waals surface area contributed by atoms with Gasteiger partial charge in [-0.25, -0.2) is 4.39 Å². The van der Waals surface area contributed by atoms with Crippen molar-refractivity contribution in [3.63, 3.8) is 0 Å². The van der Waals surface area contributed by atoms with Gasteiger partial charge in [-0.3, -0.25) is 20.4 Å². The topological polar surface area (TPSA) is 58.2 Å². The molecule has 1 heterocycles. The Morgan fingerprint density at radius 3 is 2.71 bits per heavy atom. The Morgan fingerprint density at radius 1 is 1.21 bits per heavy atom. The van der Waals surface area contributed by atoms with E-state index >= 15 is 0 Å². The Hall–Kier alpha value is -2.21. The van der Waals surface area contributed by atoms with Gasteiger partial charge in [0.15, 0.2) is 0 Å². The summed E-state index contributed by atoms with van der Waals surface area (Å²) >= 11 is 1.47. The molecule has 1 aliphatic carbocycles. The maximum atomic E-state index is 13.5. The van der Waals surface area contributed by atoms with E-state index in [-0.39, 0.29) is 11.5 Å². The van der Waals surface area contributed by atoms with E-state index in [1.807, 2.05) is 6.07 Å². The maximum absolute atomic E-state index is 13.5. The summed E-state index contributed by atoms with van der Waals surface area (Å²) in [7, 11) is 0. The van der Waals surface area contributed by atoms with Crippen LogP contribution in [0.1, 0.15) is 49.4 Å². The van der Waals surface area contributed by atoms with Crippen LogP contribution in [0, 0.1) is 18.7 Å². The summed E-state index contributed by atoms with van der Waals surface area (Å²) in [5.74, 6) is -0.701. The molecule has 126 valence electrons. The number of aryl methyl sites for hydroxylation is 2. The smallest absolute Gasteiger partial charge is 0.267 e. The van der Waals surface area contributed by atoms with Gasteiger partial charge in [0.2, 0.25) is 0 Å². The average Bonchev–Trinajstić information content (AvgIpc) is 2.98. The molecule has 1 aliphatic rings. The first-order valence-electron chi connectivity index (χ1n) is 7.92. The number of hydrazine groups is 1. The van der Waals surface area contributed by atoms with Crippen molar-refractivity contribution in [2.75, 3.05) is 0 Å². The highest BCUT2D eigenvalue weighted by Gasteiger charge is 2.21. The molecular formula is C18H19FN2O2S. The lowest BCUT2D eigenvalue weighted by atomic mass is 9.90. The van der Waals surface area contributed by atoms with Gasteiger partial charge in [0.1, 0.15) is 5.82 Å². The van der Waals surface area contributed by atoms with Gasteiger partial charge in [-0.05, 0) is 61.4 Å². The Bertz CT molecular complexity index is 800. The van der Waals surface area contributed by atoms with E-state index in [9.17, 15) is 14.0 Å². The van der Waals surface area contributed by atoms with Gasteiger partial charge in [-0.1, -0.05) is 13.0 Å². The highest BCUT2D eigenvalue weighted by atomic mass is 32.1. The quantitative estimate of drug-likeness (QED) is 0.819. The van der Waals surface area contributed by atoms with Crippen LogP contribution < -0.4 is 10.9 Å². The summed E-state index contributed by atoms with van der Waals surface area (Å²) in [6, 6.07) is 6.11. The molecule has 0 saturated heterocycles. The third kappa shape index (κ3) is 3.48. The highest BCUT2D eigenvalue weighted by Crippen LogP contribution is 2.32. The molecule has 3 rings (SSSR count). The molecule has 0 fully saturated rings. The van der Waals surface area contributed by atoms with Gasteiger partial charge in [-0.15, -0.1) is 11.3 Å². The number of hydrogen-bond donors (Lipinski definition) is 2. The highest BCUT2D eigenvalue weighted by molar-refractivity contribution is 7.14. The van der Waals surface area contributed by atoms with Crippen molar-refractivity contribution < 1.29 is 14.0 Å². The van der Waals surface area contributed by atoms with Crippen LogP contribution in [0.5, 0.6) is 0 Å². The minimum atomic E-state index is -0.544. The van der Waals surface area contributed by atoms with Crippen molar-refractivity contribution in [2.45, 2.75) is 33.1 Å². The zero-order valence-electron chi connectivity index (χ0n) is 13.6. The van der Waals surface area contributed by atoms with Gasteiger partial charge in [0, 0.05) is 10.4 Å². The first kappa shape index (κ1) is 16.6. The van der Waals surface area contributed by atoms with Crippen LogP contribution in [0.4, 0.5) is 4.39 Å². The number of carbonyl (C=O) groups is 2. The molecule has 1 atom stereocenters. The van der Waals surface area contributed by atoms with E-state index in [0.29, 0.717) is 16.4 Å². The van der Waals surface area contributed by atoms with Crippen LogP contribution in [0.2, 0.25) is 0 Å². The number of rotatable bonds is 2. The molecule has 6 heteroatoms. The first-order chi connectivity index (χ1) is 11.4. The van der Waals surface area contributed by atoms with Crippen LogP contribution in [0.15, 0.2) is 24.3 Å². The lowest BCUT2D eigenvalue weighted by Gasteiger charge is -2.16. The van der Waals surface area contributed by atoms with Gasteiger partial charge in [0.25, 0.3) is 11.8 Å². The predicted molar refractivity (Wildman–Crippen MR) is 91.6 cm³/mol. The number of fused-ring (bicyclic) bond motifs is 1. The fraction of sp³-hybridized carbons (Fsp3) is 0.333. The SMILES string of the molecule is Cc1ccc(C(=O)NNC(=O)c2cc3c(s2)CC[C@H](C)C3)cc1F. The maximum Gasteiger partial charge on any atom is 0.279 e. The summed E-state index contributed by atoms with van der Waals surface area (Å²) in [5, 5.41) is 0. The van der Waals surface area contributed by atoms with Crippen molar-refractivity contribution in [3.8, 4) is 0 Å². The molecule has 2 aromatic rings. The van der Waals surface area contributed by atoms with Gasteiger partial charge in [0.05, 0.1) is 4.88 Å². The van der Waals surface area contributed by atoms with Crippen molar-refractivity contribution in [3.05, 3.63) is 56.5 Å². The van der Waals surface area contributed by atoms with E-state index in [4.69, 9.17) is 0 Å². The Balaban J connectivity index is 1.63. The molecule has 0 aliphatic heterocycles. The van der Waals surface area contributed by atoms with E-state index in [2.05, 4.69) is 17.8 Å². The lowest BCUT2D eigenvalue weighted by Crippen LogP contribution is -2.41. The second-order valence-electron chi connectivity index (χ2n) is 6.28. The number of thiophene rings is 1. The summed E-state index contributed by atoms with van der Waals surface area (Å²) in [5.41, 5.74) is 6.60. The van der Waals surface area contributed by atoms with Crippen LogP contribution in [0.25, 0.3) is 0 Å². The minimum Gasteiger partial charge on any atom is -0.267 e. The number of benzene rings is 1. The van der Waals surface area contributed by atoms with Gasteiger partial charge >= 0.3 is 0 Å². The predicted octanol–water partition coefficient (Wildman–Crippen LogP) is 3.40. The third-order valence-electron chi connectivity index (χ3n) is 4.28. The van der Waals surface area contributed by atoms with Crippen molar-refractivity contribution in [1.82, 2.24) is 10.9 Å². The monoisotopic (exact) mass is 346 g/mol. The van der Waals surface area contributed by atoms with Gasteiger partial charge < -0.3 is 0 Å². The van der Waals surface area contributed by atoms with E-state index in [0.717, 1.165) is 25.3 Å². The zero-order valence-corrected chi connectivity index (χ0v) is 14.4. The Morgan fingerprint density at radius 2 is 1.96 bits per heavy atom. The molecule has 2 amide bonds. The molecule has 0 radical (unpaired) electrons. The molecule has 1 aromatic heterocycles. The minimum absolute atomic E-state index is 0.165. The fourth-order valence-corrected chi connectivity index (χ4v) is 3.90. The number of amides is 2. The van der Waals surface area contributed by atoms with Crippen molar-refractivity contribution in [2.24, 2.45) is 5.92 Å². The Labute approximate surface area is 144 Å². The molecule has 1 aromatic carbocycles. The van der Waals surface area contributed by atoms with Crippen molar-refractivity contribution >= 4 is 23.2 Å². The van der Waals surface area contributed by atoms with Crippen LogP contribution >= 0.6 is 11.3 Å². The van der Waals surface area contributed by atoms with Crippen molar-refractivity contribution in [1.29, 1.82) is 0 Å². The van der Waals surface area contributed by atoms with Crippen LogP contribution in [-0.4, -0.2) is 11.8 Å². The first-order valence-corrected chi connectivity index (χ1v) is 8.74. The molecule has 2 N–H and O–H groups in total. The number of halogens is 1.